The zero-order chi connectivity index (χ0) is 23.9. The van der Waals surface area contributed by atoms with Crippen molar-refractivity contribution in [2.24, 2.45) is 0 Å². The number of amides is 1. The van der Waals surface area contributed by atoms with Crippen LogP contribution in [-0.2, 0) is 17.9 Å². The second kappa shape index (κ2) is 11.6. The van der Waals surface area contributed by atoms with Gasteiger partial charge in [0, 0.05) is 37.1 Å². The smallest absolute Gasteiger partial charge is 0.254 e. The number of aryl methyl sites for hydroxylation is 3. The number of benzene rings is 2. The van der Waals surface area contributed by atoms with Gasteiger partial charge in [-0.3, -0.25) is 9.69 Å². The topological polar surface area (TPSA) is 54.9 Å². The molecular formula is C27H33N3O3S. The SMILES string of the molecule is Cc1cccc(C(=O)N(CCN2CCOCC2)Cc2csc(COc3ccc(C)c(C)c3)n2)c1. The van der Waals surface area contributed by atoms with E-state index in [1.165, 1.54) is 11.1 Å². The van der Waals surface area contributed by atoms with Gasteiger partial charge in [0.2, 0.25) is 0 Å². The largest absolute Gasteiger partial charge is 0.486 e. The Kier molecular flexibility index (Phi) is 8.32. The molecule has 0 atom stereocenters. The maximum absolute atomic E-state index is 13.4. The van der Waals surface area contributed by atoms with E-state index in [0.29, 0.717) is 19.7 Å². The lowest BCUT2D eigenvalue weighted by molar-refractivity contribution is 0.0319. The lowest BCUT2D eigenvalue weighted by Gasteiger charge is -2.30. The van der Waals surface area contributed by atoms with Gasteiger partial charge in [0.15, 0.2) is 0 Å². The van der Waals surface area contributed by atoms with E-state index in [1.54, 1.807) is 11.3 Å². The van der Waals surface area contributed by atoms with Gasteiger partial charge in [0.1, 0.15) is 17.4 Å². The highest BCUT2D eigenvalue weighted by molar-refractivity contribution is 7.09. The van der Waals surface area contributed by atoms with Crippen LogP contribution in [0.25, 0.3) is 0 Å². The summed E-state index contributed by atoms with van der Waals surface area (Å²) in [6.07, 6.45) is 0. The van der Waals surface area contributed by atoms with E-state index in [9.17, 15) is 4.79 Å². The Hall–Kier alpha value is -2.74. The molecule has 180 valence electrons. The molecule has 1 aliphatic rings. The molecule has 0 aliphatic carbocycles. The number of nitrogens with zero attached hydrogens (tertiary/aromatic N) is 3. The number of carbonyl (C=O) groups excluding carboxylic acids is 1. The number of hydrogen-bond donors (Lipinski definition) is 0. The zero-order valence-corrected chi connectivity index (χ0v) is 21.1. The Bertz CT molecular complexity index is 1110. The number of thiazole rings is 1. The summed E-state index contributed by atoms with van der Waals surface area (Å²) in [4.78, 5) is 22.4. The number of hydrogen-bond acceptors (Lipinski definition) is 6. The molecule has 1 fully saturated rings. The van der Waals surface area contributed by atoms with Crippen molar-refractivity contribution in [2.75, 3.05) is 39.4 Å². The molecule has 1 amide bonds. The number of aromatic nitrogens is 1. The number of rotatable bonds is 9. The van der Waals surface area contributed by atoms with Gasteiger partial charge in [-0.2, -0.15) is 0 Å². The second-order valence-electron chi connectivity index (χ2n) is 8.82. The fraction of sp³-hybridized carbons (Fsp3) is 0.407. The zero-order valence-electron chi connectivity index (χ0n) is 20.3. The van der Waals surface area contributed by atoms with E-state index in [1.807, 2.05) is 47.5 Å². The second-order valence-corrected chi connectivity index (χ2v) is 9.76. The van der Waals surface area contributed by atoms with E-state index in [0.717, 1.165) is 60.4 Å². The van der Waals surface area contributed by atoms with Crippen molar-refractivity contribution in [1.29, 1.82) is 0 Å². The Balaban J connectivity index is 1.42. The molecule has 1 aromatic heterocycles. The van der Waals surface area contributed by atoms with E-state index < -0.39 is 0 Å². The summed E-state index contributed by atoms with van der Waals surface area (Å²) < 4.78 is 11.4. The maximum atomic E-state index is 13.4. The Labute approximate surface area is 206 Å². The minimum atomic E-state index is 0.0397. The van der Waals surface area contributed by atoms with E-state index >= 15 is 0 Å². The molecule has 1 saturated heterocycles. The first kappa shape index (κ1) is 24.4. The van der Waals surface area contributed by atoms with Gasteiger partial charge in [-0.1, -0.05) is 23.8 Å². The standard InChI is InChI=1S/C27H33N3O3S/c1-20-5-4-6-23(15-20)27(31)30(10-9-29-11-13-32-14-12-29)17-24-19-34-26(28-24)18-33-25-8-7-21(2)22(3)16-25/h4-8,15-16,19H,9-14,17-18H2,1-3H3. The molecule has 0 bridgehead atoms. The Morgan fingerprint density at radius 2 is 1.94 bits per heavy atom. The quantitative estimate of drug-likeness (QED) is 0.448. The van der Waals surface area contributed by atoms with Crippen LogP contribution in [0.1, 0.15) is 37.7 Å². The van der Waals surface area contributed by atoms with Crippen LogP contribution >= 0.6 is 11.3 Å². The van der Waals surface area contributed by atoms with Crippen molar-refractivity contribution < 1.29 is 14.3 Å². The number of ether oxygens (including phenoxy) is 2. The van der Waals surface area contributed by atoms with Crippen molar-refractivity contribution in [3.63, 3.8) is 0 Å². The van der Waals surface area contributed by atoms with Gasteiger partial charge < -0.3 is 14.4 Å². The normalized spacial score (nSPS) is 14.2. The predicted molar refractivity (Wildman–Crippen MR) is 136 cm³/mol. The third kappa shape index (κ3) is 6.65. The van der Waals surface area contributed by atoms with Crippen LogP contribution in [0.2, 0.25) is 0 Å². The van der Waals surface area contributed by atoms with Crippen LogP contribution in [0, 0.1) is 20.8 Å². The third-order valence-corrected chi connectivity index (χ3v) is 7.01. The number of morpholine rings is 1. The molecule has 2 heterocycles. The molecule has 0 unspecified atom stereocenters. The average molecular weight is 480 g/mol. The molecule has 0 spiro atoms. The monoisotopic (exact) mass is 479 g/mol. The molecule has 0 N–H and O–H groups in total. The van der Waals surface area contributed by atoms with Crippen LogP contribution in [0.15, 0.2) is 47.8 Å². The molecule has 0 saturated carbocycles. The average Bonchev–Trinajstić information content (AvgIpc) is 3.30. The van der Waals surface area contributed by atoms with Crippen LogP contribution < -0.4 is 4.74 Å². The predicted octanol–water partition coefficient (Wildman–Crippen LogP) is 4.62. The molecule has 4 rings (SSSR count). The van der Waals surface area contributed by atoms with Crippen LogP contribution in [0.4, 0.5) is 0 Å². The Morgan fingerprint density at radius 3 is 2.71 bits per heavy atom. The lowest BCUT2D eigenvalue weighted by Crippen LogP contribution is -2.43. The van der Waals surface area contributed by atoms with Crippen molar-refractivity contribution >= 4 is 17.2 Å². The summed E-state index contributed by atoms with van der Waals surface area (Å²) >= 11 is 1.57. The first-order chi connectivity index (χ1) is 16.5. The summed E-state index contributed by atoms with van der Waals surface area (Å²) in [7, 11) is 0. The maximum Gasteiger partial charge on any atom is 0.254 e. The van der Waals surface area contributed by atoms with E-state index in [2.05, 4.69) is 30.9 Å². The molecule has 7 heteroatoms. The third-order valence-electron chi connectivity index (χ3n) is 6.13. The van der Waals surface area contributed by atoms with Crippen molar-refractivity contribution in [3.8, 4) is 5.75 Å². The molecular weight excluding hydrogens is 446 g/mol. The van der Waals surface area contributed by atoms with Crippen molar-refractivity contribution in [3.05, 3.63) is 80.8 Å². The van der Waals surface area contributed by atoms with Gasteiger partial charge in [-0.25, -0.2) is 4.98 Å². The molecule has 3 aromatic rings. The first-order valence-corrected chi connectivity index (χ1v) is 12.7. The van der Waals surface area contributed by atoms with Crippen LogP contribution in [-0.4, -0.2) is 60.1 Å². The summed E-state index contributed by atoms with van der Waals surface area (Å²) in [5, 5.41) is 2.94. The van der Waals surface area contributed by atoms with Crippen molar-refractivity contribution in [1.82, 2.24) is 14.8 Å². The molecule has 0 radical (unpaired) electrons. The highest BCUT2D eigenvalue weighted by Gasteiger charge is 2.20. The Morgan fingerprint density at radius 1 is 1.12 bits per heavy atom. The van der Waals surface area contributed by atoms with Crippen molar-refractivity contribution in [2.45, 2.75) is 33.9 Å². The fourth-order valence-electron chi connectivity index (χ4n) is 3.93. The van der Waals surface area contributed by atoms with E-state index in [-0.39, 0.29) is 5.91 Å². The van der Waals surface area contributed by atoms with Gasteiger partial charge in [-0.15, -0.1) is 11.3 Å². The molecule has 2 aromatic carbocycles. The van der Waals surface area contributed by atoms with E-state index in [4.69, 9.17) is 14.5 Å². The van der Waals surface area contributed by atoms with Gasteiger partial charge in [0.25, 0.3) is 5.91 Å². The van der Waals surface area contributed by atoms with Gasteiger partial charge in [0.05, 0.1) is 25.5 Å². The van der Waals surface area contributed by atoms with Crippen LogP contribution in [0.3, 0.4) is 0 Å². The van der Waals surface area contributed by atoms with Gasteiger partial charge >= 0.3 is 0 Å². The first-order valence-electron chi connectivity index (χ1n) is 11.8. The highest BCUT2D eigenvalue weighted by Crippen LogP contribution is 2.20. The fourth-order valence-corrected chi connectivity index (χ4v) is 4.63. The molecule has 6 nitrogen and oxygen atoms in total. The van der Waals surface area contributed by atoms with Crippen LogP contribution in [0.5, 0.6) is 5.75 Å². The summed E-state index contributed by atoms with van der Waals surface area (Å²) in [5.74, 6) is 0.888. The molecule has 1 aliphatic heterocycles. The summed E-state index contributed by atoms with van der Waals surface area (Å²) in [5.41, 5.74) is 5.16. The summed E-state index contributed by atoms with van der Waals surface area (Å²) in [6.45, 7) is 11.9. The lowest BCUT2D eigenvalue weighted by atomic mass is 10.1. The minimum Gasteiger partial charge on any atom is -0.486 e. The van der Waals surface area contributed by atoms with Gasteiger partial charge in [-0.05, 0) is 56.2 Å². The highest BCUT2D eigenvalue weighted by atomic mass is 32.1. The summed E-state index contributed by atoms with van der Waals surface area (Å²) in [6, 6.07) is 13.9. The number of carbonyl (C=O) groups is 1. The molecule has 34 heavy (non-hydrogen) atoms. The minimum absolute atomic E-state index is 0.0397.